The van der Waals surface area contributed by atoms with Crippen molar-refractivity contribution in [2.24, 2.45) is 0 Å². The molecule has 17 heavy (non-hydrogen) atoms. The molecule has 2 fully saturated rings. The summed E-state index contributed by atoms with van der Waals surface area (Å²) in [6.45, 7) is 4.95. The highest BCUT2D eigenvalue weighted by Crippen LogP contribution is 2.29. The fraction of sp³-hybridized carbons (Fsp3) is 0.600. The van der Waals surface area contributed by atoms with Gasteiger partial charge in [-0.1, -0.05) is 30.3 Å². The van der Waals surface area contributed by atoms with Gasteiger partial charge in [0.25, 0.3) is 0 Å². The number of piperidine rings is 1. The highest BCUT2D eigenvalue weighted by atomic mass is 15.2. The summed E-state index contributed by atoms with van der Waals surface area (Å²) in [5, 5.41) is 3.52. The molecule has 92 valence electrons. The van der Waals surface area contributed by atoms with Gasteiger partial charge >= 0.3 is 0 Å². The van der Waals surface area contributed by atoms with Gasteiger partial charge in [0.1, 0.15) is 0 Å². The Morgan fingerprint density at radius 1 is 1.12 bits per heavy atom. The van der Waals surface area contributed by atoms with Gasteiger partial charge in [-0.2, -0.15) is 0 Å². The van der Waals surface area contributed by atoms with E-state index >= 15 is 0 Å². The Kier molecular flexibility index (Phi) is 3.44. The molecule has 2 unspecified atom stereocenters. The van der Waals surface area contributed by atoms with Crippen LogP contribution in [0.4, 0.5) is 0 Å². The van der Waals surface area contributed by atoms with E-state index in [-0.39, 0.29) is 0 Å². The smallest absolute Gasteiger partial charge is 0.0221 e. The van der Waals surface area contributed by atoms with Crippen molar-refractivity contribution in [1.82, 2.24) is 10.2 Å². The molecule has 0 bridgehead atoms. The third-order valence-corrected chi connectivity index (χ3v) is 4.28. The van der Waals surface area contributed by atoms with Gasteiger partial charge in [-0.25, -0.2) is 0 Å². The number of nitrogens with zero attached hydrogens (tertiary/aromatic N) is 1. The first-order valence-corrected chi connectivity index (χ1v) is 6.93. The predicted molar refractivity (Wildman–Crippen MR) is 71.3 cm³/mol. The van der Waals surface area contributed by atoms with Crippen LogP contribution in [0.5, 0.6) is 0 Å². The van der Waals surface area contributed by atoms with E-state index in [1.54, 1.807) is 0 Å². The summed E-state index contributed by atoms with van der Waals surface area (Å²) < 4.78 is 0. The normalized spacial score (nSPS) is 30.6. The van der Waals surface area contributed by atoms with Crippen molar-refractivity contribution in [3.63, 3.8) is 0 Å². The molecule has 2 aliphatic rings. The van der Waals surface area contributed by atoms with E-state index in [4.69, 9.17) is 0 Å². The largest absolute Gasteiger partial charge is 0.315 e. The maximum atomic E-state index is 3.52. The second kappa shape index (κ2) is 5.19. The molecular weight excluding hydrogens is 208 g/mol. The van der Waals surface area contributed by atoms with Crippen LogP contribution in [0.2, 0.25) is 0 Å². The molecule has 0 amide bonds. The number of hydrogen-bond donors (Lipinski definition) is 1. The van der Waals surface area contributed by atoms with Crippen LogP contribution in [0.3, 0.4) is 0 Å². The molecule has 0 aromatic heterocycles. The lowest BCUT2D eigenvalue weighted by atomic mass is 9.98. The molecule has 2 aliphatic heterocycles. The first-order valence-electron chi connectivity index (χ1n) is 6.93. The van der Waals surface area contributed by atoms with Crippen LogP contribution >= 0.6 is 0 Å². The molecule has 0 aliphatic carbocycles. The highest BCUT2D eigenvalue weighted by Gasteiger charge is 2.29. The van der Waals surface area contributed by atoms with Crippen molar-refractivity contribution in [1.29, 1.82) is 0 Å². The van der Waals surface area contributed by atoms with Gasteiger partial charge in [-0.05, 0) is 43.8 Å². The molecule has 2 nitrogen and oxygen atoms in total. The summed E-state index contributed by atoms with van der Waals surface area (Å²) >= 11 is 0. The van der Waals surface area contributed by atoms with Crippen LogP contribution in [0.25, 0.3) is 0 Å². The molecule has 2 heteroatoms. The third-order valence-electron chi connectivity index (χ3n) is 4.28. The highest BCUT2D eigenvalue weighted by molar-refractivity contribution is 5.21. The first-order chi connectivity index (χ1) is 8.43. The Morgan fingerprint density at radius 3 is 2.76 bits per heavy atom. The van der Waals surface area contributed by atoms with Crippen molar-refractivity contribution in [3.8, 4) is 0 Å². The van der Waals surface area contributed by atoms with Crippen LogP contribution in [0.1, 0.15) is 30.7 Å². The number of hydrogen-bond acceptors (Lipinski definition) is 2. The Hall–Kier alpha value is -0.860. The van der Waals surface area contributed by atoms with Gasteiger partial charge in [0.15, 0.2) is 0 Å². The minimum atomic E-state index is 0.762. The molecule has 0 saturated carbocycles. The molecular formula is C15H22N2. The van der Waals surface area contributed by atoms with E-state index in [1.165, 1.54) is 51.0 Å². The monoisotopic (exact) mass is 230 g/mol. The van der Waals surface area contributed by atoms with Crippen molar-refractivity contribution >= 4 is 0 Å². The number of rotatable bonds is 2. The summed E-state index contributed by atoms with van der Waals surface area (Å²) in [6, 6.07) is 11.8. The molecule has 2 atom stereocenters. The Balaban J connectivity index is 1.61. The van der Waals surface area contributed by atoms with Gasteiger partial charge in [-0.15, -0.1) is 0 Å². The first kappa shape index (κ1) is 11.2. The summed E-state index contributed by atoms with van der Waals surface area (Å²) in [6.07, 6.45) is 4.06. The minimum Gasteiger partial charge on any atom is -0.315 e. The van der Waals surface area contributed by atoms with Gasteiger partial charge in [0.05, 0.1) is 0 Å². The molecule has 1 aromatic carbocycles. The number of benzene rings is 1. The quantitative estimate of drug-likeness (QED) is 0.838. The Labute approximate surface area is 104 Å². The second-order valence-corrected chi connectivity index (χ2v) is 5.39. The third kappa shape index (κ3) is 2.53. The Morgan fingerprint density at radius 2 is 2.00 bits per heavy atom. The molecule has 1 N–H and O–H groups in total. The van der Waals surface area contributed by atoms with Crippen molar-refractivity contribution in [2.75, 3.05) is 26.2 Å². The van der Waals surface area contributed by atoms with E-state index in [2.05, 4.69) is 40.5 Å². The second-order valence-electron chi connectivity index (χ2n) is 5.39. The lowest BCUT2D eigenvalue weighted by molar-refractivity contribution is 0.201. The average Bonchev–Trinajstić information content (AvgIpc) is 2.90. The number of likely N-dealkylation sites (tertiary alicyclic amines) is 1. The van der Waals surface area contributed by atoms with Crippen LogP contribution in [0.15, 0.2) is 30.3 Å². The van der Waals surface area contributed by atoms with Gasteiger partial charge in [-0.3, -0.25) is 4.90 Å². The topological polar surface area (TPSA) is 15.3 Å². The zero-order chi connectivity index (χ0) is 11.5. The lowest BCUT2D eigenvalue weighted by Gasteiger charge is -2.31. The van der Waals surface area contributed by atoms with Crippen LogP contribution in [-0.4, -0.2) is 37.1 Å². The number of nitrogens with one attached hydrogen (secondary N) is 1. The predicted octanol–water partition coefficient (Wildman–Crippen LogP) is 2.23. The molecule has 0 radical (unpaired) electrons. The maximum absolute atomic E-state index is 3.52. The van der Waals surface area contributed by atoms with E-state index in [9.17, 15) is 0 Å². The van der Waals surface area contributed by atoms with Crippen LogP contribution in [-0.2, 0) is 0 Å². The SMILES string of the molecule is c1ccc(C2CCN(C3CCCNC3)C2)cc1. The summed E-state index contributed by atoms with van der Waals surface area (Å²) in [7, 11) is 0. The summed E-state index contributed by atoms with van der Waals surface area (Å²) in [5.41, 5.74) is 1.53. The van der Waals surface area contributed by atoms with Gasteiger partial charge < -0.3 is 5.32 Å². The van der Waals surface area contributed by atoms with E-state index in [0.717, 1.165) is 12.0 Å². The molecule has 2 heterocycles. The van der Waals surface area contributed by atoms with Gasteiger partial charge in [0.2, 0.25) is 0 Å². The van der Waals surface area contributed by atoms with Crippen LogP contribution in [0, 0.1) is 0 Å². The zero-order valence-corrected chi connectivity index (χ0v) is 10.4. The minimum absolute atomic E-state index is 0.762. The summed E-state index contributed by atoms with van der Waals surface area (Å²) in [5.74, 6) is 0.762. The Bertz CT molecular complexity index is 343. The molecule has 2 saturated heterocycles. The standard InChI is InChI=1S/C15H22N2/c1-2-5-13(6-3-1)14-8-10-17(12-14)15-7-4-9-16-11-15/h1-3,5-6,14-16H,4,7-12H2. The molecule has 0 spiro atoms. The zero-order valence-electron chi connectivity index (χ0n) is 10.4. The van der Waals surface area contributed by atoms with E-state index in [0.29, 0.717) is 0 Å². The van der Waals surface area contributed by atoms with E-state index in [1.807, 2.05) is 0 Å². The van der Waals surface area contributed by atoms with Crippen molar-refractivity contribution < 1.29 is 0 Å². The lowest BCUT2D eigenvalue weighted by Crippen LogP contribution is -2.44. The fourth-order valence-electron chi connectivity index (χ4n) is 3.26. The molecule has 3 rings (SSSR count). The van der Waals surface area contributed by atoms with Crippen molar-refractivity contribution in [2.45, 2.75) is 31.2 Å². The maximum Gasteiger partial charge on any atom is 0.0221 e. The van der Waals surface area contributed by atoms with E-state index < -0.39 is 0 Å². The molecule has 1 aromatic rings. The van der Waals surface area contributed by atoms with Crippen molar-refractivity contribution in [3.05, 3.63) is 35.9 Å². The average molecular weight is 230 g/mol. The summed E-state index contributed by atoms with van der Waals surface area (Å²) in [4.78, 5) is 2.70. The van der Waals surface area contributed by atoms with Crippen LogP contribution < -0.4 is 5.32 Å². The fourth-order valence-corrected chi connectivity index (χ4v) is 3.26. The van der Waals surface area contributed by atoms with Gasteiger partial charge in [0, 0.05) is 19.1 Å².